The van der Waals surface area contributed by atoms with E-state index in [9.17, 15) is 0 Å². The van der Waals surface area contributed by atoms with Gasteiger partial charge in [-0.15, -0.1) is 0 Å². The molecule has 0 aromatic rings. The van der Waals surface area contributed by atoms with Crippen LogP contribution in [0.5, 0.6) is 0 Å². The maximum Gasteiger partial charge on any atom is -1.00 e. The molecule has 0 saturated carbocycles. The molecule has 0 radical (unpaired) electrons. The topological polar surface area (TPSA) is 0 Å². The number of allylic oxidation sites excluding steroid dienone is 8. The smallest absolute Gasteiger partial charge is 1.00 e. The monoisotopic (exact) mass is 476 g/mol. The normalized spacial score (nSPS) is 22.3. The van der Waals surface area contributed by atoms with Gasteiger partial charge in [-0.3, -0.25) is 0 Å². The number of rotatable bonds is 2. The van der Waals surface area contributed by atoms with Crippen molar-refractivity contribution in [3.63, 3.8) is 0 Å². The maximum atomic E-state index is 2.42. The average Bonchev–Trinajstić information content (AvgIpc) is 2.63. The van der Waals surface area contributed by atoms with Gasteiger partial charge in [-0.25, -0.2) is 0 Å². The van der Waals surface area contributed by atoms with Crippen molar-refractivity contribution in [2.75, 3.05) is 0 Å². The Kier molecular flexibility index (Phi) is 7.69. The Hall–Kier alpha value is 0.634. The van der Waals surface area contributed by atoms with E-state index in [2.05, 4.69) is 69.2 Å². The van der Waals surface area contributed by atoms with Crippen LogP contribution in [0.3, 0.4) is 0 Å². The summed E-state index contributed by atoms with van der Waals surface area (Å²) >= 11 is -0.239. The van der Waals surface area contributed by atoms with Gasteiger partial charge in [-0.05, 0) is 0 Å². The molecule has 0 aromatic heterocycles. The molecule has 2 aliphatic carbocycles. The van der Waals surface area contributed by atoms with Crippen LogP contribution in [-0.2, 0) is 19.2 Å². The molecule has 128 valence electrons. The SMILES string of the molecule is CC1=C(C)C(C)(C)[C]([Ti+2][C]2=C(C)C(C)=C(C)C2(C)C)=C1C.[Br-].[Br-]. The number of hydrogen-bond acceptors (Lipinski definition) is 0. The Labute approximate surface area is 173 Å². The van der Waals surface area contributed by atoms with Crippen LogP contribution >= 0.6 is 0 Å². The molecule has 0 N–H and O–H groups in total. The standard InChI is InChI=1S/2C10H15.2BrH.Ti/c2*1-7-6-10(4,5)9(3)8(7)2;;;/h2*1-5H3;2*1H;/q;;;;+2/p-2. The Morgan fingerprint density at radius 3 is 0.957 bits per heavy atom. The van der Waals surface area contributed by atoms with E-state index in [1.807, 2.05) is 0 Å². The summed E-state index contributed by atoms with van der Waals surface area (Å²) in [5.41, 5.74) is 9.92. The fourth-order valence-electron chi connectivity index (χ4n) is 3.81. The second kappa shape index (κ2) is 7.48. The molecule has 0 atom stereocenters. The van der Waals surface area contributed by atoms with Crippen molar-refractivity contribution >= 4 is 0 Å². The first-order chi connectivity index (χ1) is 9.44. The molecule has 0 aromatic carbocycles. The van der Waals surface area contributed by atoms with Crippen molar-refractivity contribution in [1.29, 1.82) is 0 Å². The molecule has 3 heteroatoms. The minimum Gasteiger partial charge on any atom is -1.00 e. The summed E-state index contributed by atoms with van der Waals surface area (Å²) in [6.45, 7) is 23.6. The molecule has 0 nitrogen and oxygen atoms in total. The largest absolute Gasteiger partial charge is 1.00 e. The van der Waals surface area contributed by atoms with Gasteiger partial charge in [-0.1, -0.05) is 0 Å². The van der Waals surface area contributed by atoms with Crippen molar-refractivity contribution in [1.82, 2.24) is 0 Å². The summed E-state index contributed by atoms with van der Waals surface area (Å²) in [5, 5.41) is 0. The van der Waals surface area contributed by atoms with Crippen molar-refractivity contribution in [2.24, 2.45) is 10.8 Å². The molecule has 0 bridgehead atoms. The molecular weight excluding hydrogens is 448 g/mol. The fraction of sp³-hybridized carbons (Fsp3) is 0.600. The number of halogens is 2. The third-order valence-electron chi connectivity index (χ3n) is 6.38. The van der Waals surface area contributed by atoms with E-state index in [0.717, 1.165) is 0 Å². The molecule has 0 amide bonds. The molecule has 2 rings (SSSR count). The van der Waals surface area contributed by atoms with Gasteiger partial charge in [0.15, 0.2) is 0 Å². The molecule has 0 heterocycles. The second-order valence-corrected chi connectivity index (χ2v) is 9.83. The van der Waals surface area contributed by atoms with Crippen molar-refractivity contribution < 1.29 is 53.1 Å². The Morgan fingerprint density at radius 2 is 0.783 bits per heavy atom. The summed E-state index contributed by atoms with van der Waals surface area (Å²) in [6.07, 6.45) is 0. The van der Waals surface area contributed by atoms with E-state index in [1.54, 1.807) is 30.0 Å². The Balaban J connectivity index is 0.00000242. The van der Waals surface area contributed by atoms with Gasteiger partial charge < -0.3 is 34.0 Å². The van der Waals surface area contributed by atoms with E-state index in [-0.39, 0.29) is 63.9 Å². The van der Waals surface area contributed by atoms with E-state index < -0.39 is 0 Å². The quantitative estimate of drug-likeness (QED) is 0.504. The van der Waals surface area contributed by atoms with Crippen LogP contribution in [0.15, 0.2) is 41.2 Å². The zero-order valence-corrected chi connectivity index (χ0v) is 21.0. The predicted octanol–water partition coefficient (Wildman–Crippen LogP) is 0.377. The van der Waals surface area contributed by atoms with Gasteiger partial charge in [0.2, 0.25) is 0 Å². The predicted molar refractivity (Wildman–Crippen MR) is 89.7 cm³/mol. The summed E-state index contributed by atoms with van der Waals surface area (Å²) < 4.78 is 3.50. The first-order valence-corrected chi connectivity index (χ1v) is 9.56. The van der Waals surface area contributed by atoms with Crippen LogP contribution in [0.25, 0.3) is 0 Å². The first-order valence-electron chi connectivity index (χ1n) is 8.00. The zero-order valence-electron chi connectivity index (χ0n) is 16.3. The minimum atomic E-state index is -0.239. The van der Waals surface area contributed by atoms with Gasteiger partial charge in [-0.2, -0.15) is 0 Å². The van der Waals surface area contributed by atoms with Crippen LogP contribution < -0.4 is 34.0 Å². The van der Waals surface area contributed by atoms with Crippen LogP contribution in [0.4, 0.5) is 0 Å². The molecule has 0 spiro atoms. The van der Waals surface area contributed by atoms with Gasteiger partial charge in [0.25, 0.3) is 0 Å². The summed E-state index contributed by atoms with van der Waals surface area (Å²) in [4.78, 5) is 0. The summed E-state index contributed by atoms with van der Waals surface area (Å²) in [5.74, 6) is 0. The molecule has 0 fully saturated rings. The van der Waals surface area contributed by atoms with Gasteiger partial charge >= 0.3 is 140 Å². The van der Waals surface area contributed by atoms with Crippen LogP contribution in [0.2, 0.25) is 0 Å². The van der Waals surface area contributed by atoms with Gasteiger partial charge in [0.05, 0.1) is 0 Å². The van der Waals surface area contributed by atoms with Crippen molar-refractivity contribution in [3.05, 3.63) is 41.2 Å². The maximum absolute atomic E-state index is 2.42. The van der Waals surface area contributed by atoms with Gasteiger partial charge in [0.1, 0.15) is 0 Å². The molecule has 23 heavy (non-hydrogen) atoms. The fourth-order valence-corrected chi connectivity index (χ4v) is 6.94. The molecule has 0 saturated heterocycles. The van der Waals surface area contributed by atoms with Crippen LogP contribution in [0.1, 0.15) is 69.2 Å². The Bertz CT molecular complexity index is 585. The van der Waals surface area contributed by atoms with Gasteiger partial charge in [0, 0.05) is 0 Å². The molecule has 0 aliphatic heterocycles. The molecule has 2 aliphatic rings. The Morgan fingerprint density at radius 1 is 0.522 bits per heavy atom. The summed E-state index contributed by atoms with van der Waals surface area (Å²) in [6, 6.07) is 0. The van der Waals surface area contributed by atoms with E-state index in [1.165, 1.54) is 11.1 Å². The van der Waals surface area contributed by atoms with E-state index in [4.69, 9.17) is 0 Å². The third-order valence-corrected chi connectivity index (χ3v) is 10.3. The second-order valence-electron chi connectivity index (χ2n) is 7.88. The summed E-state index contributed by atoms with van der Waals surface area (Å²) in [7, 11) is 0. The van der Waals surface area contributed by atoms with E-state index >= 15 is 0 Å². The molecular formula is C20H30Br2Ti. The van der Waals surface area contributed by atoms with Crippen molar-refractivity contribution in [3.8, 4) is 0 Å². The zero-order chi connectivity index (χ0) is 16.3. The third kappa shape index (κ3) is 3.48. The minimum absolute atomic E-state index is 0. The van der Waals surface area contributed by atoms with Crippen LogP contribution in [-0.4, -0.2) is 0 Å². The first kappa shape index (κ1) is 23.6. The average molecular weight is 478 g/mol. The number of hydrogen-bond donors (Lipinski definition) is 0. The van der Waals surface area contributed by atoms with Crippen molar-refractivity contribution in [2.45, 2.75) is 69.2 Å². The van der Waals surface area contributed by atoms with Crippen LogP contribution in [0, 0.1) is 10.8 Å². The van der Waals surface area contributed by atoms with E-state index in [0.29, 0.717) is 0 Å². The molecule has 0 unspecified atom stereocenters.